The Kier molecular flexibility index (Phi) is 4.88. The maximum atomic E-state index is 13.0. The van der Waals surface area contributed by atoms with Crippen molar-refractivity contribution in [2.45, 2.75) is 12.7 Å². The maximum absolute atomic E-state index is 13.0. The van der Waals surface area contributed by atoms with E-state index in [0.717, 1.165) is 17.7 Å². The lowest BCUT2D eigenvalue weighted by Crippen LogP contribution is -2.22. The van der Waals surface area contributed by atoms with E-state index in [4.69, 9.17) is 0 Å². The second kappa shape index (κ2) is 7.77. The molecule has 0 saturated carbocycles. The summed E-state index contributed by atoms with van der Waals surface area (Å²) in [6.07, 6.45) is -4.42. The highest BCUT2D eigenvalue weighted by molar-refractivity contribution is 6.08. The number of carbonyl (C=O) groups excluding carboxylic acids is 1. The zero-order chi connectivity index (χ0) is 23.2. The van der Waals surface area contributed by atoms with Crippen LogP contribution in [-0.4, -0.2) is 25.5 Å². The predicted octanol–water partition coefficient (Wildman–Crippen LogP) is 4.86. The Morgan fingerprint density at radius 2 is 1.70 bits per heavy atom. The monoisotopic (exact) mass is 449 g/mol. The second-order valence-electron chi connectivity index (χ2n) is 7.64. The first-order valence-corrected chi connectivity index (χ1v) is 10.2. The highest BCUT2D eigenvalue weighted by Crippen LogP contribution is 2.33. The molecule has 0 unspecified atom stereocenters. The minimum absolute atomic E-state index is 0.236. The van der Waals surface area contributed by atoms with Crippen LogP contribution in [0.1, 0.15) is 21.5 Å². The minimum Gasteiger partial charge on any atom is -0.348 e. The van der Waals surface area contributed by atoms with Crippen molar-refractivity contribution >= 4 is 28.0 Å². The smallest absolute Gasteiger partial charge is 0.348 e. The molecule has 1 N–H and O–H groups in total. The van der Waals surface area contributed by atoms with Gasteiger partial charge in [0.1, 0.15) is 5.52 Å². The van der Waals surface area contributed by atoms with Gasteiger partial charge in [0.05, 0.1) is 11.1 Å². The fourth-order valence-electron chi connectivity index (χ4n) is 3.84. The molecule has 0 fully saturated rings. The number of carbonyl (C=O) groups is 1. The first-order chi connectivity index (χ1) is 15.8. The van der Waals surface area contributed by atoms with Gasteiger partial charge in [0.25, 0.3) is 5.91 Å². The van der Waals surface area contributed by atoms with Crippen LogP contribution in [0.15, 0.2) is 72.8 Å². The molecule has 9 heteroatoms. The zero-order valence-corrected chi connectivity index (χ0v) is 17.5. The van der Waals surface area contributed by atoms with Gasteiger partial charge in [-0.15, -0.1) is 5.10 Å². The molecule has 0 bridgehead atoms. The predicted molar refractivity (Wildman–Crippen MR) is 118 cm³/mol. The number of fused-ring (bicyclic) bond motifs is 3. The number of halogens is 3. The van der Waals surface area contributed by atoms with Gasteiger partial charge in [-0.2, -0.15) is 23.1 Å². The molecule has 0 aliphatic carbocycles. The Balaban J connectivity index is 1.55. The van der Waals surface area contributed by atoms with E-state index in [1.54, 1.807) is 29.8 Å². The molecule has 0 spiro atoms. The van der Waals surface area contributed by atoms with Crippen LogP contribution in [0, 0.1) is 0 Å². The lowest BCUT2D eigenvalue weighted by atomic mass is 10.1. The molecule has 166 valence electrons. The zero-order valence-electron chi connectivity index (χ0n) is 17.5. The van der Waals surface area contributed by atoms with Crippen LogP contribution in [0.5, 0.6) is 0 Å². The molecular formula is C24H18F3N5O. The fourth-order valence-corrected chi connectivity index (χ4v) is 3.84. The van der Waals surface area contributed by atoms with Crippen molar-refractivity contribution in [1.82, 2.24) is 24.9 Å². The summed E-state index contributed by atoms with van der Waals surface area (Å²) in [4.78, 5) is 14.1. The molecule has 3 aromatic carbocycles. The average Bonchev–Trinajstić information content (AvgIpc) is 3.32. The van der Waals surface area contributed by atoms with E-state index in [9.17, 15) is 18.0 Å². The van der Waals surface area contributed by atoms with Crippen LogP contribution < -0.4 is 5.32 Å². The molecule has 2 aromatic heterocycles. The number of benzene rings is 3. The van der Waals surface area contributed by atoms with E-state index < -0.39 is 11.7 Å². The number of nitrogens with one attached hydrogen (secondary N) is 1. The number of aromatic nitrogens is 4. The van der Waals surface area contributed by atoms with Crippen molar-refractivity contribution in [2.75, 3.05) is 0 Å². The van der Waals surface area contributed by atoms with Crippen molar-refractivity contribution in [2.24, 2.45) is 7.05 Å². The van der Waals surface area contributed by atoms with E-state index in [-0.39, 0.29) is 5.91 Å². The molecule has 33 heavy (non-hydrogen) atoms. The first kappa shape index (κ1) is 20.7. The Hall–Kier alpha value is -4.14. The Morgan fingerprint density at radius 3 is 2.39 bits per heavy atom. The van der Waals surface area contributed by atoms with Crippen molar-refractivity contribution in [3.05, 3.63) is 89.5 Å². The van der Waals surface area contributed by atoms with E-state index >= 15 is 0 Å². The number of aryl methyl sites for hydroxylation is 1. The summed E-state index contributed by atoms with van der Waals surface area (Å²) < 4.78 is 40.7. The van der Waals surface area contributed by atoms with Crippen molar-refractivity contribution < 1.29 is 18.0 Å². The van der Waals surface area contributed by atoms with Crippen LogP contribution in [0.3, 0.4) is 0 Å². The molecule has 5 aromatic rings. The number of hydrogen-bond donors (Lipinski definition) is 1. The number of amides is 1. The Morgan fingerprint density at radius 1 is 0.970 bits per heavy atom. The molecular weight excluding hydrogens is 431 g/mol. The Labute approximate surface area is 186 Å². The van der Waals surface area contributed by atoms with Gasteiger partial charge >= 0.3 is 6.18 Å². The third-order valence-corrected chi connectivity index (χ3v) is 5.41. The quantitative estimate of drug-likeness (QED) is 0.426. The normalized spacial score (nSPS) is 11.9. The van der Waals surface area contributed by atoms with Gasteiger partial charge < -0.3 is 5.32 Å². The van der Waals surface area contributed by atoms with Gasteiger partial charge in [0.15, 0.2) is 5.65 Å². The molecule has 0 aliphatic heterocycles. The lowest BCUT2D eigenvalue weighted by Gasteiger charge is -2.10. The molecule has 0 radical (unpaired) electrons. The van der Waals surface area contributed by atoms with Crippen molar-refractivity contribution in [3.63, 3.8) is 0 Å². The van der Waals surface area contributed by atoms with Crippen LogP contribution in [0.4, 0.5) is 13.2 Å². The summed E-state index contributed by atoms with van der Waals surface area (Å²) in [5.41, 5.74) is 2.98. The minimum atomic E-state index is -4.42. The largest absolute Gasteiger partial charge is 0.416 e. The molecule has 1 amide bonds. The van der Waals surface area contributed by atoms with Gasteiger partial charge in [-0.25, -0.2) is 0 Å². The molecule has 0 saturated heterocycles. The number of alkyl halides is 3. The number of nitrogens with zero attached hydrogens (tertiary/aromatic N) is 4. The van der Waals surface area contributed by atoms with E-state index in [1.807, 2.05) is 30.3 Å². The maximum Gasteiger partial charge on any atom is 0.416 e. The second-order valence-corrected chi connectivity index (χ2v) is 7.64. The molecule has 0 aliphatic rings. The van der Waals surface area contributed by atoms with Gasteiger partial charge in [-0.1, -0.05) is 30.3 Å². The topological polar surface area (TPSA) is 64.7 Å². The summed E-state index contributed by atoms with van der Waals surface area (Å²) >= 11 is 0. The van der Waals surface area contributed by atoms with Crippen molar-refractivity contribution in [1.29, 1.82) is 0 Å². The third kappa shape index (κ3) is 3.82. The fraction of sp³-hybridized carbons (Fsp3) is 0.125. The van der Waals surface area contributed by atoms with Gasteiger partial charge in [0, 0.05) is 30.2 Å². The van der Waals surface area contributed by atoms with Crippen LogP contribution in [0.25, 0.3) is 27.8 Å². The third-order valence-electron chi connectivity index (χ3n) is 5.41. The summed E-state index contributed by atoms with van der Waals surface area (Å²) in [5, 5.41) is 12.4. The summed E-state index contributed by atoms with van der Waals surface area (Å²) in [5.74, 6) is -0.236. The average molecular weight is 449 g/mol. The van der Waals surface area contributed by atoms with Crippen LogP contribution in [-0.2, 0) is 19.8 Å². The lowest BCUT2D eigenvalue weighted by molar-refractivity contribution is -0.137. The molecule has 0 atom stereocenters. The van der Waals surface area contributed by atoms with Crippen molar-refractivity contribution in [3.8, 4) is 5.69 Å². The van der Waals surface area contributed by atoms with Gasteiger partial charge in [0.2, 0.25) is 0 Å². The molecule has 5 rings (SSSR count). The highest BCUT2D eigenvalue weighted by atomic mass is 19.4. The van der Waals surface area contributed by atoms with Gasteiger partial charge in [-0.05, 0) is 48.0 Å². The number of rotatable bonds is 4. The SMILES string of the molecule is Cn1nc2c3cc(C(=O)NCc4ccccc4)ccc3n(-c3ccc(C(F)(F)F)cc3)c2n1. The van der Waals surface area contributed by atoms with Crippen LogP contribution >= 0.6 is 0 Å². The van der Waals surface area contributed by atoms with E-state index in [2.05, 4.69) is 15.5 Å². The van der Waals surface area contributed by atoms with Gasteiger partial charge in [-0.3, -0.25) is 9.36 Å². The summed E-state index contributed by atoms with van der Waals surface area (Å²) in [6.45, 7) is 0.394. The highest BCUT2D eigenvalue weighted by Gasteiger charge is 2.30. The first-order valence-electron chi connectivity index (χ1n) is 10.2. The molecule has 6 nitrogen and oxygen atoms in total. The Bertz CT molecular complexity index is 1470. The summed E-state index contributed by atoms with van der Waals surface area (Å²) in [6, 6.07) is 19.6. The summed E-state index contributed by atoms with van der Waals surface area (Å²) in [7, 11) is 1.67. The number of hydrogen-bond acceptors (Lipinski definition) is 3. The van der Waals surface area contributed by atoms with E-state index in [1.165, 1.54) is 16.9 Å². The van der Waals surface area contributed by atoms with E-state index in [0.29, 0.717) is 39.9 Å². The van der Waals surface area contributed by atoms with Crippen LogP contribution in [0.2, 0.25) is 0 Å². The standard InChI is InChI=1S/C24H18F3N5O/c1-31-29-21-19-13-16(23(33)28-14-15-5-3-2-4-6-15)7-12-20(19)32(22(21)30-31)18-10-8-17(9-11-18)24(25,26)27/h2-13H,14H2,1H3,(H,28,33). The molecule has 2 heterocycles.